The molecule has 17 heavy (non-hydrogen) atoms. The highest BCUT2D eigenvalue weighted by Gasteiger charge is 2.21. The molecule has 102 valence electrons. The van der Waals surface area contributed by atoms with Crippen molar-refractivity contribution in [2.24, 2.45) is 5.92 Å². The molecule has 3 nitrogen and oxygen atoms in total. The summed E-state index contributed by atoms with van der Waals surface area (Å²) in [5.41, 5.74) is 0. The zero-order valence-corrected chi connectivity index (χ0v) is 12.0. The highest BCUT2D eigenvalue weighted by molar-refractivity contribution is 4.78. The molecule has 0 aromatic rings. The molecule has 0 saturated carbocycles. The van der Waals surface area contributed by atoms with E-state index in [1.807, 2.05) is 0 Å². The van der Waals surface area contributed by atoms with Gasteiger partial charge in [-0.15, -0.1) is 0 Å². The van der Waals surface area contributed by atoms with Gasteiger partial charge in [0.15, 0.2) is 0 Å². The van der Waals surface area contributed by atoms with Gasteiger partial charge in [-0.3, -0.25) is 4.90 Å². The van der Waals surface area contributed by atoms with Crippen LogP contribution >= 0.6 is 0 Å². The Kier molecular flexibility index (Phi) is 7.09. The number of nitrogens with zero attached hydrogens (tertiary/aromatic N) is 1. The molecule has 1 aliphatic heterocycles. The van der Waals surface area contributed by atoms with Crippen LogP contribution in [0.3, 0.4) is 0 Å². The van der Waals surface area contributed by atoms with Crippen molar-refractivity contribution in [3.8, 4) is 0 Å². The lowest BCUT2D eigenvalue weighted by Crippen LogP contribution is -2.47. The van der Waals surface area contributed by atoms with E-state index in [2.05, 4.69) is 37.9 Å². The normalized spacial score (nSPS) is 29.6. The van der Waals surface area contributed by atoms with Crippen molar-refractivity contribution in [2.45, 2.75) is 52.6 Å². The van der Waals surface area contributed by atoms with E-state index in [4.69, 9.17) is 4.74 Å². The predicted molar refractivity (Wildman–Crippen MR) is 73.4 cm³/mol. The van der Waals surface area contributed by atoms with Gasteiger partial charge in [-0.05, 0) is 39.2 Å². The summed E-state index contributed by atoms with van der Waals surface area (Å²) in [7, 11) is 0. The van der Waals surface area contributed by atoms with Gasteiger partial charge in [-0.2, -0.15) is 0 Å². The van der Waals surface area contributed by atoms with E-state index in [9.17, 15) is 0 Å². The maximum atomic E-state index is 5.55. The first kappa shape index (κ1) is 14.9. The van der Waals surface area contributed by atoms with Crippen LogP contribution in [0.25, 0.3) is 0 Å². The number of ether oxygens (including phenoxy) is 1. The molecule has 1 fully saturated rings. The van der Waals surface area contributed by atoms with Gasteiger partial charge >= 0.3 is 0 Å². The Morgan fingerprint density at radius 3 is 2.82 bits per heavy atom. The third kappa shape index (κ3) is 5.36. The van der Waals surface area contributed by atoms with Crippen LogP contribution in [0.1, 0.15) is 40.5 Å². The Balaban J connectivity index is 2.45. The van der Waals surface area contributed by atoms with E-state index in [0.29, 0.717) is 12.1 Å². The number of nitrogens with one attached hydrogen (secondary N) is 1. The van der Waals surface area contributed by atoms with E-state index in [-0.39, 0.29) is 0 Å². The number of hydrogen-bond donors (Lipinski definition) is 1. The molecule has 1 N–H and O–H groups in total. The Bertz CT molecular complexity index is 199. The Hall–Kier alpha value is -0.120. The average molecular weight is 242 g/mol. The second-order valence-electron chi connectivity index (χ2n) is 5.41. The minimum Gasteiger partial charge on any atom is -0.380 e. The van der Waals surface area contributed by atoms with E-state index in [0.717, 1.165) is 25.7 Å². The van der Waals surface area contributed by atoms with Gasteiger partial charge in [0.1, 0.15) is 0 Å². The van der Waals surface area contributed by atoms with E-state index in [1.54, 1.807) is 0 Å². The zero-order chi connectivity index (χ0) is 12.7. The molecule has 0 amide bonds. The maximum absolute atomic E-state index is 5.55. The largest absolute Gasteiger partial charge is 0.380 e. The molecule has 0 radical (unpaired) electrons. The molecule has 3 atom stereocenters. The summed E-state index contributed by atoms with van der Waals surface area (Å²) in [6.07, 6.45) is 2.50. The zero-order valence-electron chi connectivity index (χ0n) is 12.0. The summed E-state index contributed by atoms with van der Waals surface area (Å²) in [6.45, 7) is 14.2. The molecular formula is C14H30N2O. The smallest absolute Gasteiger partial charge is 0.0618 e. The first-order valence-corrected chi connectivity index (χ1v) is 7.22. The van der Waals surface area contributed by atoms with Gasteiger partial charge in [0, 0.05) is 31.8 Å². The fourth-order valence-electron chi connectivity index (χ4n) is 2.49. The lowest BCUT2D eigenvalue weighted by molar-refractivity contribution is 0.0597. The highest BCUT2D eigenvalue weighted by Crippen LogP contribution is 2.12. The maximum Gasteiger partial charge on any atom is 0.0618 e. The van der Waals surface area contributed by atoms with Crippen LogP contribution in [0.4, 0.5) is 0 Å². The van der Waals surface area contributed by atoms with Gasteiger partial charge in [-0.25, -0.2) is 0 Å². The van der Waals surface area contributed by atoms with Gasteiger partial charge in [-0.1, -0.05) is 13.8 Å². The van der Waals surface area contributed by atoms with E-state index in [1.165, 1.54) is 25.9 Å². The molecule has 3 unspecified atom stereocenters. The molecule has 1 saturated heterocycles. The Morgan fingerprint density at radius 1 is 1.41 bits per heavy atom. The van der Waals surface area contributed by atoms with Crippen molar-refractivity contribution >= 4 is 0 Å². The Labute approximate surface area is 107 Å². The van der Waals surface area contributed by atoms with Crippen molar-refractivity contribution in [3.05, 3.63) is 0 Å². The third-order valence-electron chi connectivity index (χ3n) is 3.75. The van der Waals surface area contributed by atoms with Crippen molar-refractivity contribution in [1.82, 2.24) is 10.2 Å². The topological polar surface area (TPSA) is 24.5 Å². The van der Waals surface area contributed by atoms with Crippen LogP contribution in [0.5, 0.6) is 0 Å². The SMILES string of the molecule is CCOCC(C)N1CCC(CC)NCC(C)C1. The van der Waals surface area contributed by atoms with Gasteiger partial charge < -0.3 is 10.1 Å². The summed E-state index contributed by atoms with van der Waals surface area (Å²) in [4.78, 5) is 2.60. The molecule has 1 rings (SSSR count). The monoisotopic (exact) mass is 242 g/mol. The molecule has 3 heteroatoms. The van der Waals surface area contributed by atoms with Crippen LogP contribution in [0, 0.1) is 5.92 Å². The second kappa shape index (κ2) is 8.06. The first-order valence-electron chi connectivity index (χ1n) is 7.22. The fourth-order valence-corrected chi connectivity index (χ4v) is 2.49. The van der Waals surface area contributed by atoms with Crippen LogP contribution in [-0.2, 0) is 4.74 Å². The lowest BCUT2D eigenvalue weighted by Gasteiger charge is -2.35. The first-order chi connectivity index (χ1) is 8.17. The van der Waals surface area contributed by atoms with Gasteiger partial charge in [0.2, 0.25) is 0 Å². The minimum atomic E-state index is 0.549. The molecule has 1 aliphatic rings. The summed E-state index contributed by atoms with van der Waals surface area (Å²) >= 11 is 0. The van der Waals surface area contributed by atoms with Crippen LogP contribution in [-0.4, -0.2) is 49.8 Å². The second-order valence-corrected chi connectivity index (χ2v) is 5.41. The molecule has 0 bridgehead atoms. The van der Waals surface area contributed by atoms with Crippen molar-refractivity contribution in [2.75, 3.05) is 32.8 Å². The third-order valence-corrected chi connectivity index (χ3v) is 3.75. The molecule has 0 aliphatic carbocycles. The van der Waals surface area contributed by atoms with Crippen LogP contribution in [0.2, 0.25) is 0 Å². The van der Waals surface area contributed by atoms with Crippen molar-refractivity contribution in [3.63, 3.8) is 0 Å². The van der Waals surface area contributed by atoms with Crippen molar-refractivity contribution < 1.29 is 4.74 Å². The molecular weight excluding hydrogens is 212 g/mol. The fraction of sp³-hybridized carbons (Fsp3) is 1.00. The lowest BCUT2D eigenvalue weighted by atomic mass is 10.0. The van der Waals surface area contributed by atoms with Gasteiger partial charge in [0.05, 0.1) is 6.61 Å². The standard InChI is InChI=1S/C14H30N2O/c1-5-14-7-8-16(10-12(3)9-15-14)13(4)11-17-6-2/h12-15H,5-11H2,1-4H3. The van der Waals surface area contributed by atoms with E-state index < -0.39 is 0 Å². The summed E-state index contributed by atoms with van der Waals surface area (Å²) in [5, 5.41) is 3.67. The molecule has 0 aromatic carbocycles. The summed E-state index contributed by atoms with van der Waals surface area (Å²) in [6, 6.07) is 1.24. The Morgan fingerprint density at radius 2 is 2.18 bits per heavy atom. The molecule has 0 spiro atoms. The number of hydrogen-bond acceptors (Lipinski definition) is 3. The van der Waals surface area contributed by atoms with Crippen LogP contribution in [0.15, 0.2) is 0 Å². The summed E-state index contributed by atoms with van der Waals surface area (Å²) in [5.74, 6) is 0.730. The van der Waals surface area contributed by atoms with Gasteiger partial charge in [0.25, 0.3) is 0 Å². The van der Waals surface area contributed by atoms with E-state index >= 15 is 0 Å². The summed E-state index contributed by atoms with van der Waals surface area (Å²) < 4.78 is 5.55. The molecule has 0 aromatic heterocycles. The number of rotatable bonds is 5. The predicted octanol–water partition coefficient (Wildman–Crippen LogP) is 2.12. The van der Waals surface area contributed by atoms with Crippen molar-refractivity contribution in [1.29, 1.82) is 0 Å². The minimum absolute atomic E-state index is 0.549. The highest BCUT2D eigenvalue weighted by atomic mass is 16.5. The quantitative estimate of drug-likeness (QED) is 0.799. The average Bonchev–Trinajstić information content (AvgIpc) is 2.31. The molecule has 1 heterocycles. The van der Waals surface area contributed by atoms with Crippen LogP contribution < -0.4 is 5.32 Å².